The summed E-state index contributed by atoms with van der Waals surface area (Å²) in [6.45, 7) is 2.92. The summed E-state index contributed by atoms with van der Waals surface area (Å²) in [5.41, 5.74) is 8.16. The van der Waals surface area contributed by atoms with Gasteiger partial charge in [-0.3, -0.25) is 11.3 Å². The summed E-state index contributed by atoms with van der Waals surface area (Å²) < 4.78 is 5.56. The molecule has 0 amide bonds. The molecule has 0 radical (unpaired) electrons. The van der Waals surface area contributed by atoms with Crippen molar-refractivity contribution in [3.63, 3.8) is 0 Å². The molecule has 0 aromatic heterocycles. The van der Waals surface area contributed by atoms with Crippen LogP contribution >= 0.6 is 0 Å². The van der Waals surface area contributed by atoms with Crippen LogP contribution in [-0.2, 0) is 12.8 Å². The van der Waals surface area contributed by atoms with E-state index in [1.807, 2.05) is 0 Å². The van der Waals surface area contributed by atoms with Crippen molar-refractivity contribution in [2.45, 2.75) is 32.2 Å². The molecular formula is C18H22N2O. The Morgan fingerprint density at radius 3 is 2.95 bits per heavy atom. The molecular weight excluding hydrogens is 260 g/mol. The molecule has 1 atom stereocenters. The van der Waals surface area contributed by atoms with Gasteiger partial charge >= 0.3 is 0 Å². The molecule has 3 rings (SSSR count). The number of hydrazine groups is 1. The topological polar surface area (TPSA) is 47.3 Å². The minimum atomic E-state index is 0.177. The maximum absolute atomic E-state index is 5.76. The van der Waals surface area contributed by atoms with Crippen molar-refractivity contribution in [3.05, 3.63) is 64.7 Å². The molecule has 21 heavy (non-hydrogen) atoms. The summed E-state index contributed by atoms with van der Waals surface area (Å²) in [5.74, 6) is 6.78. The van der Waals surface area contributed by atoms with E-state index in [0.717, 1.165) is 31.6 Å². The molecule has 0 saturated heterocycles. The van der Waals surface area contributed by atoms with Crippen LogP contribution in [0.3, 0.4) is 0 Å². The first-order valence-electron chi connectivity index (χ1n) is 7.53. The van der Waals surface area contributed by atoms with Crippen LogP contribution in [0, 0.1) is 6.92 Å². The van der Waals surface area contributed by atoms with E-state index in [4.69, 9.17) is 10.6 Å². The minimum Gasteiger partial charge on any atom is -0.493 e. The van der Waals surface area contributed by atoms with Gasteiger partial charge in [0.25, 0.3) is 0 Å². The number of hydrogen-bond acceptors (Lipinski definition) is 3. The first kappa shape index (κ1) is 14.1. The van der Waals surface area contributed by atoms with E-state index < -0.39 is 0 Å². The fourth-order valence-corrected chi connectivity index (χ4v) is 2.95. The van der Waals surface area contributed by atoms with Crippen LogP contribution in [0.1, 0.15) is 34.7 Å². The lowest BCUT2D eigenvalue weighted by Crippen LogP contribution is -2.28. The number of nitrogens with one attached hydrogen (secondary N) is 1. The highest BCUT2D eigenvalue weighted by Crippen LogP contribution is 2.29. The lowest BCUT2D eigenvalue weighted by molar-refractivity contribution is 0.356. The van der Waals surface area contributed by atoms with Crippen molar-refractivity contribution in [3.8, 4) is 5.75 Å². The van der Waals surface area contributed by atoms with Gasteiger partial charge in [-0.1, -0.05) is 42.0 Å². The standard InChI is InChI=1S/C18H22N2O/c1-13-3-2-4-14(11-13)5-7-17(20-19)15-6-8-18-16(12-15)9-10-21-18/h2-4,6,8,11-12,17,20H,5,7,9-10,19H2,1H3. The van der Waals surface area contributed by atoms with Gasteiger partial charge in [0.2, 0.25) is 0 Å². The number of nitrogens with two attached hydrogens (primary N) is 1. The Balaban J connectivity index is 1.70. The Morgan fingerprint density at radius 2 is 2.14 bits per heavy atom. The highest BCUT2D eigenvalue weighted by atomic mass is 16.5. The second-order valence-electron chi connectivity index (χ2n) is 5.71. The van der Waals surface area contributed by atoms with Crippen LogP contribution in [-0.4, -0.2) is 6.61 Å². The van der Waals surface area contributed by atoms with E-state index in [0.29, 0.717) is 0 Å². The van der Waals surface area contributed by atoms with Crippen LogP contribution in [0.15, 0.2) is 42.5 Å². The van der Waals surface area contributed by atoms with Gasteiger partial charge in [-0.05, 0) is 42.5 Å². The lowest BCUT2D eigenvalue weighted by Gasteiger charge is -2.17. The zero-order chi connectivity index (χ0) is 14.7. The van der Waals surface area contributed by atoms with Gasteiger partial charge in [0.1, 0.15) is 5.75 Å². The van der Waals surface area contributed by atoms with E-state index in [-0.39, 0.29) is 6.04 Å². The van der Waals surface area contributed by atoms with Gasteiger partial charge in [-0.15, -0.1) is 0 Å². The van der Waals surface area contributed by atoms with Crippen LogP contribution in [0.4, 0.5) is 0 Å². The number of ether oxygens (including phenoxy) is 1. The maximum atomic E-state index is 5.76. The molecule has 1 aliphatic rings. The molecule has 3 heteroatoms. The quantitative estimate of drug-likeness (QED) is 0.654. The molecule has 3 nitrogen and oxygen atoms in total. The number of rotatable bonds is 5. The van der Waals surface area contributed by atoms with Crippen molar-refractivity contribution in [2.75, 3.05) is 6.61 Å². The second-order valence-corrected chi connectivity index (χ2v) is 5.71. The zero-order valence-electron chi connectivity index (χ0n) is 12.4. The smallest absolute Gasteiger partial charge is 0.122 e. The molecule has 0 aliphatic carbocycles. The molecule has 0 bridgehead atoms. The Morgan fingerprint density at radius 1 is 1.24 bits per heavy atom. The average Bonchev–Trinajstić information content (AvgIpc) is 2.95. The number of fused-ring (bicyclic) bond motifs is 1. The maximum Gasteiger partial charge on any atom is 0.122 e. The third-order valence-corrected chi connectivity index (χ3v) is 4.12. The van der Waals surface area contributed by atoms with Gasteiger partial charge in [0.05, 0.1) is 6.61 Å². The fourth-order valence-electron chi connectivity index (χ4n) is 2.95. The number of aryl methyl sites for hydroxylation is 2. The predicted octanol–water partition coefficient (Wildman–Crippen LogP) is 3.07. The largest absolute Gasteiger partial charge is 0.493 e. The summed E-state index contributed by atoms with van der Waals surface area (Å²) in [5, 5.41) is 0. The molecule has 1 heterocycles. The van der Waals surface area contributed by atoms with Crippen LogP contribution in [0.5, 0.6) is 5.75 Å². The van der Waals surface area contributed by atoms with E-state index in [1.54, 1.807) is 0 Å². The van der Waals surface area contributed by atoms with Crippen molar-refractivity contribution < 1.29 is 4.74 Å². The van der Waals surface area contributed by atoms with Crippen molar-refractivity contribution in [2.24, 2.45) is 5.84 Å². The summed E-state index contributed by atoms with van der Waals surface area (Å²) >= 11 is 0. The highest BCUT2D eigenvalue weighted by molar-refractivity contribution is 5.40. The van der Waals surface area contributed by atoms with Gasteiger partial charge in [-0.25, -0.2) is 0 Å². The summed E-state index contributed by atoms with van der Waals surface area (Å²) in [7, 11) is 0. The molecule has 1 aliphatic heterocycles. The van der Waals surface area contributed by atoms with Crippen LogP contribution in [0.2, 0.25) is 0 Å². The van der Waals surface area contributed by atoms with Crippen LogP contribution < -0.4 is 16.0 Å². The molecule has 2 aromatic carbocycles. The van der Waals surface area contributed by atoms with Crippen LogP contribution in [0.25, 0.3) is 0 Å². The summed E-state index contributed by atoms with van der Waals surface area (Å²) in [4.78, 5) is 0. The van der Waals surface area contributed by atoms with Gasteiger partial charge < -0.3 is 4.74 Å². The van der Waals surface area contributed by atoms with Crippen molar-refractivity contribution in [1.29, 1.82) is 0 Å². The number of hydrogen-bond donors (Lipinski definition) is 2. The first-order valence-corrected chi connectivity index (χ1v) is 7.53. The Kier molecular flexibility index (Phi) is 4.23. The molecule has 2 aromatic rings. The first-order chi connectivity index (χ1) is 10.3. The fraction of sp³-hybridized carbons (Fsp3) is 0.333. The molecule has 110 valence electrons. The third-order valence-electron chi connectivity index (χ3n) is 4.12. The van der Waals surface area contributed by atoms with E-state index in [9.17, 15) is 0 Å². The zero-order valence-corrected chi connectivity index (χ0v) is 12.4. The van der Waals surface area contributed by atoms with Gasteiger partial charge in [-0.2, -0.15) is 0 Å². The molecule has 0 fully saturated rings. The van der Waals surface area contributed by atoms with E-state index >= 15 is 0 Å². The molecule has 3 N–H and O–H groups in total. The summed E-state index contributed by atoms with van der Waals surface area (Å²) in [6, 6.07) is 15.2. The van der Waals surface area contributed by atoms with Gasteiger partial charge in [0, 0.05) is 12.5 Å². The van der Waals surface area contributed by atoms with Gasteiger partial charge in [0.15, 0.2) is 0 Å². The second kappa shape index (κ2) is 6.29. The summed E-state index contributed by atoms with van der Waals surface area (Å²) in [6.07, 6.45) is 3.00. The minimum absolute atomic E-state index is 0.177. The van der Waals surface area contributed by atoms with Crippen molar-refractivity contribution >= 4 is 0 Å². The lowest BCUT2D eigenvalue weighted by atomic mass is 9.97. The monoisotopic (exact) mass is 282 g/mol. The average molecular weight is 282 g/mol. The molecule has 0 saturated carbocycles. The van der Waals surface area contributed by atoms with E-state index in [2.05, 4.69) is 54.8 Å². The third kappa shape index (κ3) is 3.26. The Labute approximate surface area is 126 Å². The Hall–Kier alpha value is -1.84. The van der Waals surface area contributed by atoms with Crippen molar-refractivity contribution in [1.82, 2.24) is 5.43 Å². The predicted molar refractivity (Wildman–Crippen MR) is 85.2 cm³/mol. The highest BCUT2D eigenvalue weighted by Gasteiger charge is 2.16. The van der Waals surface area contributed by atoms with E-state index in [1.165, 1.54) is 22.3 Å². The molecule has 0 spiro atoms. The number of benzene rings is 2. The SMILES string of the molecule is Cc1cccc(CCC(NN)c2ccc3c(c2)CCO3)c1. The Bertz CT molecular complexity index is 624. The molecule has 1 unspecified atom stereocenters. The normalized spacial score (nSPS) is 14.6.